The summed E-state index contributed by atoms with van der Waals surface area (Å²) in [6.07, 6.45) is 3.68. The largest absolute Gasteiger partial charge is 0.494 e. The van der Waals surface area contributed by atoms with E-state index >= 15 is 0 Å². The summed E-state index contributed by atoms with van der Waals surface area (Å²) in [7, 11) is 2.15. The molecule has 116 valence electrons. The summed E-state index contributed by atoms with van der Waals surface area (Å²) in [5.74, 6) is 1.65. The number of para-hydroxylation sites is 1. The van der Waals surface area contributed by atoms with Crippen LogP contribution < -0.4 is 10.1 Å². The molecule has 1 fully saturated rings. The van der Waals surface area contributed by atoms with Crippen molar-refractivity contribution in [3.63, 3.8) is 0 Å². The first-order valence-corrected chi connectivity index (χ1v) is 7.87. The third-order valence-electron chi connectivity index (χ3n) is 3.99. The lowest BCUT2D eigenvalue weighted by molar-refractivity contribution is -0.121. The highest BCUT2D eigenvalue weighted by molar-refractivity contribution is 5.75. The van der Waals surface area contributed by atoms with E-state index in [1.165, 1.54) is 12.8 Å². The Morgan fingerprint density at radius 2 is 2.00 bits per heavy atom. The zero-order chi connectivity index (χ0) is 14.9. The summed E-state index contributed by atoms with van der Waals surface area (Å²) in [6.45, 7) is 3.70. The van der Waals surface area contributed by atoms with Crippen molar-refractivity contribution in [3.8, 4) is 5.75 Å². The molecule has 4 nitrogen and oxygen atoms in total. The minimum atomic E-state index is 0.144. The van der Waals surface area contributed by atoms with Gasteiger partial charge in [-0.2, -0.15) is 0 Å². The fraction of sp³-hybridized carbons (Fsp3) is 0.588. The first-order valence-electron chi connectivity index (χ1n) is 7.87. The number of carbonyl (C=O) groups excluding carboxylic acids is 1. The van der Waals surface area contributed by atoms with Crippen LogP contribution in [0.15, 0.2) is 30.3 Å². The SMILES string of the molecule is CN1CCC(CNC(=O)CCCOc2ccccc2)CC1. The van der Waals surface area contributed by atoms with Gasteiger partial charge in [0.2, 0.25) is 5.91 Å². The highest BCUT2D eigenvalue weighted by Crippen LogP contribution is 2.14. The molecule has 2 rings (SSSR count). The second-order valence-corrected chi connectivity index (χ2v) is 5.82. The normalized spacial score (nSPS) is 16.6. The first kappa shape index (κ1) is 15.8. The predicted molar refractivity (Wildman–Crippen MR) is 84.4 cm³/mol. The highest BCUT2D eigenvalue weighted by atomic mass is 16.5. The van der Waals surface area contributed by atoms with Crippen LogP contribution in [0.3, 0.4) is 0 Å². The average molecular weight is 290 g/mol. The smallest absolute Gasteiger partial charge is 0.220 e. The van der Waals surface area contributed by atoms with Crippen molar-refractivity contribution < 1.29 is 9.53 Å². The van der Waals surface area contributed by atoms with E-state index in [1.807, 2.05) is 30.3 Å². The average Bonchev–Trinajstić information content (AvgIpc) is 2.52. The molecule has 0 atom stereocenters. The van der Waals surface area contributed by atoms with Gasteiger partial charge in [0, 0.05) is 13.0 Å². The summed E-state index contributed by atoms with van der Waals surface area (Å²) in [6, 6.07) is 9.72. The number of amides is 1. The van der Waals surface area contributed by atoms with E-state index in [4.69, 9.17) is 4.74 Å². The van der Waals surface area contributed by atoms with Crippen LogP contribution in [-0.4, -0.2) is 44.1 Å². The maximum Gasteiger partial charge on any atom is 0.220 e. The molecule has 4 heteroatoms. The van der Waals surface area contributed by atoms with Gasteiger partial charge in [-0.3, -0.25) is 4.79 Å². The monoisotopic (exact) mass is 290 g/mol. The first-order chi connectivity index (χ1) is 10.2. The second-order valence-electron chi connectivity index (χ2n) is 5.82. The van der Waals surface area contributed by atoms with Gasteiger partial charge >= 0.3 is 0 Å². The van der Waals surface area contributed by atoms with Gasteiger partial charge in [0.15, 0.2) is 0 Å². The number of nitrogens with zero attached hydrogens (tertiary/aromatic N) is 1. The minimum Gasteiger partial charge on any atom is -0.494 e. The molecule has 0 saturated carbocycles. The lowest BCUT2D eigenvalue weighted by Gasteiger charge is -2.28. The topological polar surface area (TPSA) is 41.6 Å². The van der Waals surface area contributed by atoms with E-state index < -0.39 is 0 Å². The zero-order valence-electron chi connectivity index (χ0n) is 12.9. The summed E-state index contributed by atoms with van der Waals surface area (Å²) >= 11 is 0. The van der Waals surface area contributed by atoms with Crippen molar-refractivity contribution in [2.24, 2.45) is 5.92 Å². The van der Waals surface area contributed by atoms with E-state index in [-0.39, 0.29) is 5.91 Å². The molecule has 0 aromatic heterocycles. The van der Waals surface area contributed by atoms with Gasteiger partial charge in [0.05, 0.1) is 6.61 Å². The van der Waals surface area contributed by atoms with Crippen molar-refractivity contribution in [3.05, 3.63) is 30.3 Å². The van der Waals surface area contributed by atoms with Crippen molar-refractivity contribution in [2.75, 3.05) is 33.3 Å². The maximum atomic E-state index is 11.8. The van der Waals surface area contributed by atoms with Crippen molar-refractivity contribution in [1.82, 2.24) is 10.2 Å². The molecule has 1 saturated heterocycles. The van der Waals surface area contributed by atoms with Crippen LogP contribution in [0, 0.1) is 5.92 Å². The van der Waals surface area contributed by atoms with Gasteiger partial charge in [0.25, 0.3) is 0 Å². The van der Waals surface area contributed by atoms with Crippen molar-refractivity contribution >= 4 is 5.91 Å². The highest BCUT2D eigenvalue weighted by Gasteiger charge is 2.16. The molecule has 0 unspecified atom stereocenters. The van der Waals surface area contributed by atoms with Gasteiger partial charge in [0.1, 0.15) is 5.75 Å². The Morgan fingerprint density at radius 3 is 2.71 bits per heavy atom. The number of benzene rings is 1. The molecule has 0 bridgehead atoms. The molecule has 1 N–H and O–H groups in total. The molecule has 1 heterocycles. The number of likely N-dealkylation sites (tertiary alicyclic amines) is 1. The molecule has 0 radical (unpaired) electrons. The van der Waals surface area contributed by atoms with Crippen molar-refractivity contribution in [2.45, 2.75) is 25.7 Å². The Labute approximate surface area is 127 Å². The second kappa shape index (κ2) is 8.67. The Kier molecular flexibility index (Phi) is 6.54. The Bertz CT molecular complexity index is 414. The Hall–Kier alpha value is -1.55. The summed E-state index contributed by atoms with van der Waals surface area (Å²) in [5.41, 5.74) is 0. The molecule has 0 aliphatic carbocycles. The summed E-state index contributed by atoms with van der Waals surface area (Å²) in [4.78, 5) is 14.1. The van der Waals surface area contributed by atoms with Crippen LogP contribution in [0.2, 0.25) is 0 Å². The number of nitrogens with one attached hydrogen (secondary N) is 1. The van der Waals surface area contributed by atoms with Gasteiger partial charge in [-0.15, -0.1) is 0 Å². The zero-order valence-corrected chi connectivity index (χ0v) is 12.9. The standard InChI is InChI=1S/C17H26N2O2/c1-19-11-9-15(10-12-19)14-18-17(20)8-5-13-21-16-6-3-2-4-7-16/h2-4,6-7,15H,5,8-14H2,1H3,(H,18,20). The number of rotatable bonds is 7. The fourth-order valence-electron chi connectivity index (χ4n) is 2.55. The van der Waals surface area contributed by atoms with E-state index in [0.29, 0.717) is 18.9 Å². The molecular formula is C17H26N2O2. The quantitative estimate of drug-likeness (QED) is 0.784. The Balaban J connectivity index is 1.51. The van der Waals surface area contributed by atoms with Gasteiger partial charge in [-0.1, -0.05) is 18.2 Å². The summed E-state index contributed by atoms with van der Waals surface area (Å²) in [5, 5.41) is 3.05. The fourth-order valence-corrected chi connectivity index (χ4v) is 2.55. The molecule has 1 aromatic carbocycles. The van der Waals surface area contributed by atoms with E-state index in [1.54, 1.807) is 0 Å². The lowest BCUT2D eigenvalue weighted by Crippen LogP contribution is -2.36. The van der Waals surface area contributed by atoms with Crippen LogP contribution in [0.25, 0.3) is 0 Å². The number of hydrogen-bond donors (Lipinski definition) is 1. The van der Waals surface area contributed by atoms with Crippen LogP contribution in [0.4, 0.5) is 0 Å². The van der Waals surface area contributed by atoms with E-state index in [9.17, 15) is 4.79 Å². The predicted octanol–water partition coefficient (Wildman–Crippen LogP) is 2.30. The lowest BCUT2D eigenvalue weighted by atomic mass is 9.97. The number of piperidine rings is 1. The van der Waals surface area contributed by atoms with Crippen LogP contribution >= 0.6 is 0 Å². The summed E-state index contributed by atoms with van der Waals surface area (Å²) < 4.78 is 5.58. The molecular weight excluding hydrogens is 264 g/mol. The molecule has 21 heavy (non-hydrogen) atoms. The van der Waals surface area contributed by atoms with Gasteiger partial charge < -0.3 is 15.0 Å². The molecule has 0 spiro atoms. The molecule has 1 aromatic rings. The van der Waals surface area contributed by atoms with Crippen molar-refractivity contribution in [1.29, 1.82) is 0 Å². The molecule has 1 amide bonds. The maximum absolute atomic E-state index is 11.8. The van der Waals surface area contributed by atoms with Gasteiger partial charge in [-0.05, 0) is 57.5 Å². The van der Waals surface area contributed by atoms with Crippen LogP contribution in [0.5, 0.6) is 5.75 Å². The Morgan fingerprint density at radius 1 is 1.29 bits per heavy atom. The minimum absolute atomic E-state index is 0.144. The number of ether oxygens (including phenoxy) is 1. The number of carbonyl (C=O) groups is 1. The van der Waals surface area contributed by atoms with Gasteiger partial charge in [-0.25, -0.2) is 0 Å². The van der Waals surface area contributed by atoms with Crippen LogP contribution in [0.1, 0.15) is 25.7 Å². The third-order valence-corrected chi connectivity index (χ3v) is 3.99. The van der Waals surface area contributed by atoms with E-state index in [2.05, 4.69) is 17.3 Å². The number of hydrogen-bond acceptors (Lipinski definition) is 3. The van der Waals surface area contributed by atoms with Crippen LogP contribution in [-0.2, 0) is 4.79 Å². The molecule has 1 aliphatic heterocycles. The molecule has 1 aliphatic rings. The van der Waals surface area contributed by atoms with E-state index in [0.717, 1.165) is 31.8 Å². The third kappa shape index (κ3) is 6.17.